The van der Waals surface area contributed by atoms with Gasteiger partial charge < -0.3 is 14.7 Å². The summed E-state index contributed by atoms with van der Waals surface area (Å²) in [6, 6.07) is 7.70. The number of aliphatic hydroxyl groups is 1. The quantitative estimate of drug-likeness (QED) is 0.721. The molecule has 0 spiro atoms. The molecule has 3 N–H and O–H groups in total. The Morgan fingerprint density at radius 2 is 1.94 bits per heavy atom. The third kappa shape index (κ3) is 2.35. The van der Waals surface area contributed by atoms with Crippen LogP contribution < -0.4 is 10.6 Å². The van der Waals surface area contributed by atoms with Crippen LogP contribution in [0.5, 0.6) is 0 Å². The monoisotopic (exact) mass is 222 g/mol. The fourth-order valence-electron chi connectivity index (χ4n) is 1.98. The van der Waals surface area contributed by atoms with Gasteiger partial charge in [-0.2, -0.15) is 0 Å². The van der Waals surface area contributed by atoms with E-state index >= 15 is 0 Å². The maximum absolute atomic E-state index is 9.92. The molecule has 1 atom stereocenters. The molecule has 1 aliphatic heterocycles. The van der Waals surface area contributed by atoms with Crippen LogP contribution in [0.15, 0.2) is 24.3 Å². The van der Waals surface area contributed by atoms with Crippen molar-refractivity contribution in [3.8, 4) is 0 Å². The van der Waals surface area contributed by atoms with Crippen molar-refractivity contribution in [2.45, 2.75) is 12.6 Å². The lowest BCUT2D eigenvalue weighted by Gasteiger charge is -2.33. The highest BCUT2D eigenvalue weighted by Crippen LogP contribution is 2.27. The first kappa shape index (κ1) is 11.4. The Morgan fingerprint density at radius 3 is 2.56 bits per heavy atom. The topological polar surface area (TPSA) is 58.7 Å². The maximum Gasteiger partial charge on any atom is 0.138 e. The average molecular weight is 222 g/mol. The molecule has 0 amide bonds. The van der Waals surface area contributed by atoms with E-state index in [4.69, 9.17) is 10.5 Å². The highest BCUT2D eigenvalue weighted by atomic mass is 16.5. The van der Waals surface area contributed by atoms with Gasteiger partial charge in [0.15, 0.2) is 0 Å². The first-order chi connectivity index (χ1) is 7.59. The molecule has 0 radical (unpaired) electrons. The summed E-state index contributed by atoms with van der Waals surface area (Å²) in [7, 11) is 0. The van der Waals surface area contributed by atoms with Gasteiger partial charge in [0.05, 0.1) is 13.2 Å². The molecule has 0 saturated carbocycles. The van der Waals surface area contributed by atoms with Crippen molar-refractivity contribution < 1.29 is 9.84 Å². The number of hydrogen-bond acceptors (Lipinski definition) is 4. The molecule has 16 heavy (non-hydrogen) atoms. The molecular weight excluding hydrogens is 204 g/mol. The van der Waals surface area contributed by atoms with Crippen LogP contribution in [0, 0.1) is 0 Å². The number of nitrogens with two attached hydrogens (primary N) is 1. The molecule has 4 nitrogen and oxygen atoms in total. The molecular formula is C12H18N2O2. The van der Waals surface area contributed by atoms with E-state index in [9.17, 15) is 5.11 Å². The number of ether oxygens (including phenoxy) is 1. The largest absolute Gasteiger partial charge is 0.378 e. The Labute approximate surface area is 95.6 Å². The molecule has 1 aromatic carbocycles. The molecule has 1 unspecified atom stereocenters. The molecule has 1 heterocycles. The van der Waals surface area contributed by atoms with E-state index in [1.807, 2.05) is 24.3 Å². The number of rotatable bonds is 2. The maximum atomic E-state index is 9.92. The van der Waals surface area contributed by atoms with Gasteiger partial charge in [-0.15, -0.1) is 0 Å². The Balaban J connectivity index is 2.32. The van der Waals surface area contributed by atoms with Crippen molar-refractivity contribution in [1.82, 2.24) is 0 Å². The summed E-state index contributed by atoms with van der Waals surface area (Å²) in [5.74, 6) is 0. The Kier molecular flexibility index (Phi) is 3.14. The van der Waals surface area contributed by atoms with Crippen LogP contribution in [0.2, 0.25) is 0 Å². The Bertz CT molecular complexity index is 354. The van der Waals surface area contributed by atoms with Gasteiger partial charge >= 0.3 is 0 Å². The van der Waals surface area contributed by atoms with E-state index in [0.29, 0.717) is 0 Å². The molecule has 0 aromatic heterocycles. The first-order valence-electron chi connectivity index (χ1n) is 5.52. The standard InChI is InChI=1S/C12H18N2O2/c1-12(13,15)10-4-2-3-5-11(10)14-6-8-16-9-7-14/h2-5,15H,6-9,13H2,1H3. The van der Waals surface area contributed by atoms with Crippen LogP contribution in [-0.4, -0.2) is 31.4 Å². The highest BCUT2D eigenvalue weighted by molar-refractivity contribution is 5.55. The lowest BCUT2D eigenvalue weighted by molar-refractivity contribution is 0.0645. The predicted octanol–water partition coefficient (Wildman–Crippen LogP) is 0.647. The van der Waals surface area contributed by atoms with Gasteiger partial charge in [0.25, 0.3) is 0 Å². The molecule has 0 aliphatic carbocycles. The minimum absolute atomic E-state index is 0.723. The van der Waals surface area contributed by atoms with Crippen molar-refractivity contribution in [1.29, 1.82) is 0 Å². The van der Waals surface area contributed by atoms with Gasteiger partial charge in [0, 0.05) is 24.3 Å². The summed E-state index contributed by atoms with van der Waals surface area (Å²) in [5, 5.41) is 9.92. The molecule has 2 rings (SSSR count). The van der Waals surface area contributed by atoms with Crippen molar-refractivity contribution in [2.24, 2.45) is 5.73 Å². The zero-order valence-corrected chi connectivity index (χ0v) is 9.52. The van der Waals surface area contributed by atoms with E-state index in [0.717, 1.165) is 37.6 Å². The van der Waals surface area contributed by atoms with Crippen LogP contribution in [-0.2, 0) is 10.5 Å². The minimum atomic E-state index is -1.30. The molecule has 1 aliphatic rings. The van der Waals surface area contributed by atoms with Gasteiger partial charge in [-0.1, -0.05) is 18.2 Å². The highest BCUT2D eigenvalue weighted by Gasteiger charge is 2.23. The minimum Gasteiger partial charge on any atom is -0.378 e. The lowest BCUT2D eigenvalue weighted by atomic mass is 10.0. The van der Waals surface area contributed by atoms with Crippen LogP contribution in [0.3, 0.4) is 0 Å². The third-order valence-corrected chi connectivity index (χ3v) is 2.80. The molecule has 1 saturated heterocycles. The van der Waals surface area contributed by atoms with Gasteiger partial charge in [0.2, 0.25) is 0 Å². The van der Waals surface area contributed by atoms with Crippen LogP contribution in [0.25, 0.3) is 0 Å². The summed E-state index contributed by atoms with van der Waals surface area (Å²) in [4.78, 5) is 2.19. The second-order valence-corrected chi connectivity index (χ2v) is 4.26. The van der Waals surface area contributed by atoms with Gasteiger partial charge in [-0.05, 0) is 13.0 Å². The summed E-state index contributed by atoms with van der Waals surface area (Å²) in [6.07, 6.45) is 0. The van der Waals surface area contributed by atoms with E-state index in [-0.39, 0.29) is 0 Å². The number of morpholine rings is 1. The zero-order chi connectivity index (χ0) is 11.6. The normalized spacial score (nSPS) is 20.6. The molecule has 1 aromatic rings. The molecule has 1 fully saturated rings. The summed E-state index contributed by atoms with van der Waals surface area (Å²) in [5.41, 5.74) is 6.22. The number of hydrogen-bond donors (Lipinski definition) is 2. The fraction of sp³-hybridized carbons (Fsp3) is 0.500. The molecule has 4 heteroatoms. The number of nitrogens with zero attached hydrogens (tertiary/aromatic N) is 1. The molecule has 0 bridgehead atoms. The zero-order valence-electron chi connectivity index (χ0n) is 9.52. The summed E-state index contributed by atoms with van der Waals surface area (Å²) < 4.78 is 5.31. The van der Waals surface area contributed by atoms with Crippen molar-refractivity contribution in [2.75, 3.05) is 31.2 Å². The number of benzene rings is 1. The van der Waals surface area contributed by atoms with Crippen LogP contribution >= 0.6 is 0 Å². The summed E-state index contributed by atoms with van der Waals surface area (Å²) >= 11 is 0. The van der Waals surface area contributed by atoms with E-state index in [2.05, 4.69) is 4.90 Å². The lowest BCUT2D eigenvalue weighted by Crippen LogP contribution is -2.40. The van der Waals surface area contributed by atoms with E-state index < -0.39 is 5.72 Å². The van der Waals surface area contributed by atoms with Gasteiger partial charge in [0.1, 0.15) is 5.72 Å². The SMILES string of the molecule is CC(N)(O)c1ccccc1N1CCOCC1. The number of para-hydroxylation sites is 1. The smallest absolute Gasteiger partial charge is 0.138 e. The fourth-order valence-corrected chi connectivity index (χ4v) is 1.98. The van der Waals surface area contributed by atoms with Crippen LogP contribution in [0.1, 0.15) is 12.5 Å². The van der Waals surface area contributed by atoms with Crippen molar-refractivity contribution in [3.05, 3.63) is 29.8 Å². The van der Waals surface area contributed by atoms with E-state index in [1.165, 1.54) is 0 Å². The van der Waals surface area contributed by atoms with Gasteiger partial charge in [-0.3, -0.25) is 5.73 Å². The second-order valence-electron chi connectivity index (χ2n) is 4.26. The van der Waals surface area contributed by atoms with Crippen molar-refractivity contribution >= 4 is 5.69 Å². The third-order valence-electron chi connectivity index (χ3n) is 2.80. The summed E-state index contributed by atoms with van der Waals surface area (Å²) in [6.45, 7) is 4.73. The van der Waals surface area contributed by atoms with Crippen LogP contribution in [0.4, 0.5) is 5.69 Å². The Morgan fingerprint density at radius 1 is 1.31 bits per heavy atom. The van der Waals surface area contributed by atoms with Gasteiger partial charge in [-0.25, -0.2) is 0 Å². The second kappa shape index (κ2) is 4.41. The first-order valence-corrected chi connectivity index (χ1v) is 5.52. The molecule has 88 valence electrons. The van der Waals surface area contributed by atoms with E-state index in [1.54, 1.807) is 6.92 Å². The Hall–Kier alpha value is -1.10. The predicted molar refractivity (Wildman–Crippen MR) is 63.2 cm³/mol. The average Bonchev–Trinajstić information content (AvgIpc) is 2.29. The number of anilines is 1. The van der Waals surface area contributed by atoms with Crippen molar-refractivity contribution in [3.63, 3.8) is 0 Å².